The number of amides is 2. The Morgan fingerprint density at radius 2 is 1.58 bits per heavy atom. The molecule has 0 heterocycles. The van der Waals surface area contributed by atoms with Crippen LogP contribution in [0.2, 0.25) is 10.0 Å². The van der Waals surface area contributed by atoms with E-state index in [0.717, 1.165) is 16.8 Å². The molecule has 0 aromatic heterocycles. The Hall–Kier alpha value is -2.04. The van der Waals surface area contributed by atoms with Crippen LogP contribution in [0.3, 0.4) is 0 Å². The van der Waals surface area contributed by atoms with Gasteiger partial charge in [0.1, 0.15) is 6.54 Å². The number of carbonyl (C=O) groups is 2. The molecule has 24 heavy (non-hydrogen) atoms. The molecule has 4 nitrogen and oxygen atoms in total. The molecule has 1 N–H and O–H groups in total. The third-order valence-electron chi connectivity index (χ3n) is 3.59. The molecule has 0 unspecified atom stereocenters. The number of benzene rings is 2. The van der Waals surface area contributed by atoms with E-state index in [0.29, 0.717) is 15.7 Å². The first kappa shape index (κ1) is 18.3. The number of nitrogens with one attached hydrogen (secondary N) is 1. The number of hydrogen-bond donors (Lipinski definition) is 1. The van der Waals surface area contributed by atoms with E-state index in [-0.39, 0.29) is 18.4 Å². The van der Waals surface area contributed by atoms with Crippen LogP contribution in [0.4, 0.5) is 11.4 Å². The smallest absolute Gasteiger partial charge is 0.244 e. The van der Waals surface area contributed by atoms with Gasteiger partial charge in [0.15, 0.2) is 0 Å². The first-order chi connectivity index (χ1) is 11.3. The summed E-state index contributed by atoms with van der Waals surface area (Å²) < 4.78 is 0. The molecule has 0 fully saturated rings. The highest BCUT2D eigenvalue weighted by Gasteiger charge is 2.18. The molecule has 0 aliphatic heterocycles. The molecule has 2 amide bonds. The highest BCUT2D eigenvalue weighted by molar-refractivity contribution is 6.35. The lowest BCUT2D eigenvalue weighted by Crippen LogP contribution is -2.36. The molecule has 0 aliphatic carbocycles. The molecule has 2 aromatic rings. The maximum absolute atomic E-state index is 12.4. The van der Waals surface area contributed by atoms with Crippen LogP contribution in [0.15, 0.2) is 36.4 Å². The Morgan fingerprint density at radius 1 is 1.04 bits per heavy atom. The molecule has 126 valence electrons. The van der Waals surface area contributed by atoms with Gasteiger partial charge >= 0.3 is 0 Å². The fourth-order valence-corrected chi connectivity index (χ4v) is 2.93. The topological polar surface area (TPSA) is 49.4 Å². The Labute approximate surface area is 151 Å². The molecule has 6 heteroatoms. The summed E-state index contributed by atoms with van der Waals surface area (Å²) in [6.07, 6.45) is 0. The Balaban J connectivity index is 2.22. The van der Waals surface area contributed by atoms with Crippen molar-refractivity contribution in [3.05, 3.63) is 57.6 Å². The zero-order chi connectivity index (χ0) is 17.9. The number of para-hydroxylation sites is 1. The number of halogens is 2. The molecular weight excluding hydrogens is 347 g/mol. The molecule has 0 atom stereocenters. The van der Waals surface area contributed by atoms with Gasteiger partial charge in [-0.3, -0.25) is 9.59 Å². The van der Waals surface area contributed by atoms with Crippen LogP contribution in [0, 0.1) is 13.8 Å². The molecule has 2 aromatic carbocycles. The van der Waals surface area contributed by atoms with Gasteiger partial charge in [0, 0.05) is 28.3 Å². The number of hydrogen-bond acceptors (Lipinski definition) is 2. The van der Waals surface area contributed by atoms with Gasteiger partial charge in [-0.25, -0.2) is 0 Å². The van der Waals surface area contributed by atoms with Gasteiger partial charge in [0.25, 0.3) is 0 Å². The fraction of sp³-hybridized carbons (Fsp3) is 0.222. The van der Waals surface area contributed by atoms with Gasteiger partial charge in [0.05, 0.1) is 0 Å². The second-order valence-corrected chi connectivity index (χ2v) is 6.42. The summed E-state index contributed by atoms with van der Waals surface area (Å²) in [5.74, 6) is -0.566. The van der Waals surface area contributed by atoms with Crippen molar-refractivity contribution in [1.29, 1.82) is 0 Å². The van der Waals surface area contributed by atoms with Crippen LogP contribution in [0.5, 0.6) is 0 Å². The summed E-state index contributed by atoms with van der Waals surface area (Å²) in [6.45, 7) is 5.10. The van der Waals surface area contributed by atoms with E-state index in [9.17, 15) is 9.59 Å². The van der Waals surface area contributed by atoms with E-state index >= 15 is 0 Å². The normalized spacial score (nSPS) is 10.4. The zero-order valence-electron chi connectivity index (χ0n) is 13.7. The lowest BCUT2D eigenvalue weighted by atomic mass is 10.1. The van der Waals surface area contributed by atoms with Gasteiger partial charge in [-0.1, -0.05) is 41.4 Å². The van der Waals surface area contributed by atoms with Gasteiger partial charge in [-0.05, 0) is 43.2 Å². The quantitative estimate of drug-likeness (QED) is 0.861. The first-order valence-corrected chi connectivity index (χ1v) is 8.14. The average molecular weight is 365 g/mol. The van der Waals surface area contributed by atoms with Crippen molar-refractivity contribution in [2.24, 2.45) is 0 Å². The minimum atomic E-state index is -0.293. The van der Waals surface area contributed by atoms with E-state index in [4.69, 9.17) is 23.2 Å². The van der Waals surface area contributed by atoms with Gasteiger partial charge in [0.2, 0.25) is 11.8 Å². The van der Waals surface area contributed by atoms with Crippen molar-refractivity contribution < 1.29 is 9.59 Å². The fourth-order valence-electron chi connectivity index (χ4n) is 2.41. The van der Waals surface area contributed by atoms with Crippen molar-refractivity contribution >= 4 is 46.4 Å². The van der Waals surface area contributed by atoms with Crippen LogP contribution >= 0.6 is 23.2 Å². The molecule has 0 spiro atoms. The largest absolute Gasteiger partial charge is 0.324 e. The van der Waals surface area contributed by atoms with E-state index in [1.54, 1.807) is 18.2 Å². The van der Waals surface area contributed by atoms with Gasteiger partial charge in [-0.15, -0.1) is 0 Å². The molecular formula is C18H18Cl2N2O2. The predicted molar refractivity (Wildman–Crippen MR) is 99.0 cm³/mol. The highest BCUT2D eigenvalue weighted by atomic mass is 35.5. The van der Waals surface area contributed by atoms with E-state index < -0.39 is 0 Å². The summed E-state index contributed by atoms with van der Waals surface area (Å²) in [5, 5.41) is 3.67. The molecule has 0 bridgehead atoms. The van der Waals surface area contributed by atoms with Crippen molar-refractivity contribution in [3.8, 4) is 0 Å². The maximum Gasteiger partial charge on any atom is 0.244 e. The van der Waals surface area contributed by atoms with Crippen molar-refractivity contribution in [1.82, 2.24) is 0 Å². The second-order valence-electron chi connectivity index (χ2n) is 5.55. The number of aryl methyl sites for hydroxylation is 2. The van der Waals surface area contributed by atoms with E-state index in [1.807, 2.05) is 32.0 Å². The van der Waals surface area contributed by atoms with Crippen molar-refractivity contribution in [3.63, 3.8) is 0 Å². The highest BCUT2D eigenvalue weighted by Crippen LogP contribution is 2.26. The van der Waals surface area contributed by atoms with Gasteiger partial charge < -0.3 is 10.2 Å². The number of anilines is 2. The molecule has 0 aliphatic rings. The number of rotatable bonds is 4. The number of nitrogens with zero attached hydrogens (tertiary/aromatic N) is 1. The summed E-state index contributed by atoms with van der Waals surface area (Å²) in [7, 11) is 0. The van der Waals surface area contributed by atoms with Crippen LogP contribution in [0.25, 0.3) is 0 Å². The minimum absolute atomic E-state index is 0.125. The van der Waals surface area contributed by atoms with Crippen LogP contribution in [0.1, 0.15) is 18.1 Å². The third-order valence-corrected chi connectivity index (χ3v) is 4.02. The van der Waals surface area contributed by atoms with Crippen LogP contribution in [-0.2, 0) is 9.59 Å². The molecule has 0 saturated heterocycles. The van der Waals surface area contributed by atoms with Crippen molar-refractivity contribution in [2.45, 2.75) is 20.8 Å². The third kappa shape index (κ3) is 4.49. The monoisotopic (exact) mass is 364 g/mol. The van der Waals surface area contributed by atoms with E-state index in [2.05, 4.69) is 5.32 Å². The molecule has 0 saturated carbocycles. The van der Waals surface area contributed by atoms with Crippen LogP contribution in [-0.4, -0.2) is 18.4 Å². The van der Waals surface area contributed by atoms with Crippen LogP contribution < -0.4 is 10.2 Å². The van der Waals surface area contributed by atoms with Gasteiger partial charge in [-0.2, -0.15) is 0 Å². The SMILES string of the molecule is CC(=O)N(CC(=O)Nc1c(C)cccc1C)c1cc(Cl)cc(Cl)c1. The Kier molecular flexibility index (Phi) is 5.86. The molecule has 2 rings (SSSR count). The number of carbonyl (C=O) groups excluding carboxylic acids is 2. The summed E-state index contributed by atoms with van der Waals surface area (Å²) in [5.41, 5.74) is 3.17. The predicted octanol–water partition coefficient (Wildman–Crippen LogP) is 4.60. The molecule has 0 radical (unpaired) electrons. The van der Waals surface area contributed by atoms with E-state index in [1.165, 1.54) is 11.8 Å². The minimum Gasteiger partial charge on any atom is -0.324 e. The first-order valence-electron chi connectivity index (χ1n) is 7.38. The Morgan fingerprint density at radius 3 is 2.08 bits per heavy atom. The standard InChI is InChI=1S/C18H18Cl2N2O2/c1-11-5-4-6-12(2)18(11)21-17(24)10-22(13(3)23)16-8-14(19)7-15(20)9-16/h4-9H,10H2,1-3H3,(H,21,24). The average Bonchev–Trinajstić information content (AvgIpc) is 2.47. The summed E-state index contributed by atoms with van der Waals surface area (Å²) >= 11 is 12.0. The zero-order valence-corrected chi connectivity index (χ0v) is 15.2. The Bertz CT molecular complexity index is 750. The lowest BCUT2D eigenvalue weighted by Gasteiger charge is -2.22. The lowest BCUT2D eigenvalue weighted by molar-refractivity contribution is -0.120. The summed E-state index contributed by atoms with van der Waals surface area (Å²) in [4.78, 5) is 25.7. The second kappa shape index (κ2) is 7.69. The summed E-state index contributed by atoms with van der Waals surface area (Å²) in [6, 6.07) is 10.5. The van der Waals surface area contributed by atoms with Crippen molar-refractivity contribution in [2.75, 3.05) is 16.8 Å². The maximum atomic E-state index is 12.4.